The molecule has 0 amide bonds. The normalized spacial score (nSPS) is 20.1. The third-order valence-corrected chi connectivity index (χ3v) is 3.16. The lowest BCUT2D eigenvalue weighted by molar-refractivity contribution is -0.170. The van der Waals surface area contributed by atoms with E-state index < -0.39 is 24.0 Å². The summed E-state index contributed by atoms with van der Waals surface area (Å²) in [6.45, 7) is 0. The summed E-state index contributed by atoms with van der Waals surface area (Å²) in [7, 11) is 1.17. The van der Waals surface area contributed by atoms with Gasteiger partial charge >= 0.3 is 11.9 Å². The summed E-state index contributed by atoms with van der Waals surface area (Å²) in [6, 6.07) is 8.55. The molecule has 0 saturated heterocycles. The minimum atomic E-state index is -1.76. The summed E-state index contributed by atoms with van der Waals surface area (Å²) in [5, 5.41) is 21.9. The summed E-state index contributed by atoms with van der Waals surface area (Å²) in [5.41, 5.74) is -0.373. The number of aliphatic carboxylic acids is 1. The number of hydrogen-bond acceptors (Lipinski definition) is 6. The lowest BCUT2D eigenvalue weighted by atomic mass is 9.91. The summed E-state index contributed by atoms with van der Waals surface area (Å²) in [4.78, 5) is 27.8. The van der Waals surface area contributed by atoms with Gasteiger partial charge in [-0.2, -0.15) is 5.26 Å². The molecular formula is C14H12N2O5. The van der Waals surface area contributed by atoms with Gasteiger partial charge in [-0.1, -0.05) is 17.3 Å². The number of carboxylic acids is 1. The molecule has 108 valence electrons. The first-order chi connectivity index (χ1) is 10.0. The van der Waals surface area contributed by atoms with Crippen molar-refractivity contribution in [1.29, 1.82) is 5.26 Å². The lowest BCUT2D eigenvalue weighted by Crippen LogP contribution is -2.41. The molecule has 0 aliphatic carbocycles. The van der Waals surface area contributed by atoms with Crippen molar-refractivity contribution in [2.45, 2.75) is 18.4 Å². The number of nitriles is 1. The molecule has 7 nitrogen and oxygen atoms in total. The van der Waals surface area contributed by atoms with Crippen LogP contribution >= 0.6 is 0 Å². The van der Waals surface area contributed by atoms with Gasteiger partial charge in [0.15, 0.2) is 0 Å². The Hall–Kier alpha value is -2.88. The van der Waals surface area contributed by atoms with Crippen LogP contribution in [0.25, 0.3) is 0 Å². The average Bonchev–Trinajstić information content (AvgIpc) is 2.92. The van der Waals surface area contributed by atoms with Gasteiger partial charge in [-0.05, 0) is 12.1 Å². The Morgan fingerprint density at radius 1 is 1.57 bits per heavy atom. The van der Waals surface area contributed by atoms with Gasteiger partial charge in [0.05, 0.1) is 30.9 Å². The second kappa shape index (κ2) is 5.63. The Morgan fingerprint density at radius 3 is 2.95 bits per heavy atom. The largest absolute Gasteiger partial charge is 0.478 e. The zero-order chi connectivity index (χ0) is 15.5. The molecule has 1 atom stereocenters. The summed E-state index contributed by atoms with van der Waals surface area (Å²) >= 11 is 0. The van der Waals surface area contributed by atoms with E-state index in [0.717, 1.165) is 0 Å². The van der Waals surface area contributed by atoms with E-state index in [1.807, 2.05) is 6.07 Å². The van der Waals surface area contributed by atoms with Crippen molar-refractivity contribution in [3.63, 3.8) is 0 Å². The van der Waals surface area contributed by atoms with E-state index in [1.165, 1.54) is 7.11 Å². The molecule has 2 rings (SSSR count). The van der Waals surface area contributed by atoms with Gasteiger partial charge in [-0.25, -0.2) is 4.79 Å². The molecule has 0 aromatic heterocycles. The van der Waals surface area contributed by atoms with Crippen LogP contribution in [-0.4, -0.2) is 35.5 Å². The van der Waals surface area contributed by atoms with Gasteiger partial charge < -0.3 is 14.7 Å². The smallest absolute Gasteiger partial charge is 0.351 e. The highest BCUT2D eigenvalue weighted by atomic mass is 16.7. The van der Waals surface area contributed by atoms with Gasteiger partial charge in [-0.15, -0.1) is 0 Å². The predicted molar refractivity (Wildman–Crippen MR) is 70.4 cm³/mol. The van der Waals surface area contributed by atoms with E-state index in [1.54, 1.807) is 24.3 Å². The quantitative estimate of drug-likeness (QED) is 0.830. The number of carbonyl (C=O) groups excluding carboxylic acids is 1. The number of ether oxygens (including phenoxy) is 1. The first-order valence-electron chi connectivity index (χ1n) is 6.06. The molecule has 0 fully saturated rings. The summed E-state index contributed by atoms with van der Waals surface area (Å²) in [6.07, 6.45) is -0.518. The zero-order valence-corrected chi connectivity index (χ0v) is 11.2. The Labute approximate surface area is 120 Å². The number of oxime groups is 1. The fourth-order valence-electron chi connectivity index (χ4n) is 1.99. The van der Waals surface area contributed by atoms with E-state index in [-0.39, 0.29) is 6.42 Å². The SMILES string of the molecule is COC(=O)CC1(C(=O)O)CC(c2cccc(C#N)c2)=NO1. The molecule has 1 aliphatic heterocycles. The van der Waals surface area contributed by atoms with Crippen LogP contribution in [0.1, 0.15) is 24.0 Å². The molecule has 1 N–H and O–H groups in total. The van der Waals surface area contributed by atoms with Crippen LogP contribution in [0.3, 0.4) is 0 Å². The standard InChI is InChI=1S/C14H12N2O5/c1-20-12(17)7-14(13(18)19)6-11(16-21-14)10-4-2-3-9(5-10)8-15/h2-5H,6-7H2,1H3,(H,18,19). The maximum absolute atomic E-state index is 11.4. The molecule has 7 heteroatoms. The molecule has 1 aromatic rings. The van der Waals surface area contributed by atoms with Crippen LogP contribution < -0.4 is 0 Å². The van der Waals surface area contributed by atoms with Crippen molar-refractivity contribution in [1.82, 2.24) is 0 Å². The summed E-state index contributed by atoms with van der Waals surface area (Å²) in [5.74, 6) is -1.98. The monoisotopic (exact) mass is 288 g/mol. The number of nitrogens with zero attached hydrogens (tertiary/aromatic N) is 2. The molecule has 0 bridgehead atoms. The van der Waals surface area contributed by atoms with Crippen molar-refractivity contribution < 1.29 is 24.3 Å². The average molecular weight is 288 g/mol. The number of carboxylic acid groups (broad SMARTS) is 1. The number of benzene rings is 1. The Balaban J connectivity index is 2.25. The van der Waals surface area contributed by atoms with E-state index in [4.69, 9.17) is 10.1 Å². The van der Waals surface area contributed by atoms with Crippen LogP contribution in [0.4, 0.5) is 0 Å². The fraction of sp³-hybridized carbons (Fsp3) is 0.286. The topological polar surface area (TPSA) is 109 Å². The van der Waals surface area contributed by atoms with E-state index >= 15 is 0 Å². The van der Waals surface area contributed by atoms with Crippen molar-refractivity contribution >= 4 is 17.7 Å². The third-order valence-electron chi connectivity index (χ3n) is 3.16. The number of rotatable bonds is 4. The number of methoxy groups -OCH3 is 1. The molecule has 1 aliphatic rings. The Bertz CT molecular complexity index is 662. The molecule has 1 unspecified atom stereocenters. The van der Waals surface area contributed by atoms with Crippen molar-refractivity contribution in [2.24, 2.45) is 5.16 Å². The van der Waals surface area contributed by atoms with Gasteiger partial charge in [0.2, 0.25) is 5.60 Å². The molecule has 1 heterocycles. The fourth-order valence-corrected chi connectivity index (χ4v) is 1.99. The predicted octanol–water partition coefficient (Wildman–Crippen LogP) is 1.07. The minimum absolute atomic E-state index is 0.0771. The van der Waals surface area contributed by atoms with E-state index in [9.17, 15) is 14.7 Å². The van der Waals surface area contributed by atoms with Crippen LogP contribution in [0.15, 0.2) is 29.4 Å². The molecule has 1 aromatic carbocycles. The molecule has 0 radical (unpaired) electrons. The van der Waals surface area contributed by atoms with Gasteiger partial charge in [0, 0.05) is 12.0 Å². The molecule has 21 heavy (non-hydrogen) atoms. The molecular weight excluding hydrogens is 276 g/mol. The summed E-state index contributed by atoms with van der Waals surface area (Å²) < 4.78 is 4.49. The molecule has 0 spiro atoms. The number of esters is 1. The van der Waals surface area contributed by atoms with Gasteiger partial charge in [0.25, 0.3) is 0 Å². The maximum Gasteiger partial charge on any atom is 0.351 e. The second-order valence-corrected chi connectivity index (χ2v) is 4.55. The van der Waals surface area contributed by atoms with Crippen molar-refractivity contribution in [3.05, 3.63) is 35.4 Å². The lowest BCUT2D eigenvalue weighted by Gasteiger charge is -2.19. The Kier molecular flexibility index (Phi) is 3.89. The van der Waals surface area contributed by atoms with Gasteiger partial charge in [-0.3, -0.25) is 4.79 Å². The first-order valence-corrected chi connectivity index (χ1v) is 6.06. The number of hydrogen-bond donors (Lipinski definition) is 1. The van der Waals surface area contributed by atoms with Crippen molar-refractivity contribution in [2.75, 3.05) is 7.11 Å². The van der Waals surface area contributed by atoms with Crippen LogP contribution in [0.2, 0.25) is 0 Å². The molecule has 0 saturated carbocycles. The van der Waals surface area contributed by atoms with Gasteiger partial charge in [0.1, 0.15) is 0 Å². The second-order valence-electron chi connectivity index (χ2n) is 4.55. The van der Waals surface area contributed by atoms with E-state index in [2.05, 4.69) is 9.89 Å². The van der Waals surface area contributed by atoms with Crippen LogP contribution in [0.5, 0.6) is 0 Å². The highest BCUT2D eigenvalue weighted by Gasteiger charge is 2.49. The highest BCUT2D eigenvalue weighted by molar-refractivity contribution is 6.05. The minimum Gasteiger partial charge on any atom is -0.478 e. The third kappa shape index (κ3) is 2.84. The maximum atomic E-state index is 11.4. The van der Waals surface area contributed by atoms with Crippen LogP contribution in [0, 0.1) is 11.3 Å². The number of carbonyl (C=O) groups is 2. The Morgan fingerprint density at radius 2 is 2.33 bits per heavy atom. The van der Waals surface area contributed by atoms with Crippen LogP contribution in [-0.2, 0) is 19.2 Å². The first kappa shape index (κ1) is 14.5. The zero-order valence-electron chi connectivity index (χ0n) is 11.2. The van der Waals surface area contributed by atoms with Crippen molar-refractivity contribution in [3.8, 4) is 6.07 Å². The van der Waals surface area contributed by atoms with E-state index in [0.29, 0.717) is 16.8 Å². The highest BCUT2D eigenvalue weighted by Crippen LogP contribution is 2.31.